The van der Waals surface area contributed by atoms with E-state index in [0.717, 1.165) is 32.4 Å². The molecule has 110 valence electrons. The van der Waals surface area contributed by atoms with E-state index in [4.69, 9.17) is 10.9 Å². The quantitative estimate of drug-likeness (QED) is 0.355. The minimum atomic E-state index is -0.518. The highest BCUT2D eigenvalue weighted by atomic mass is 16.4. The molecule has 3 N–H and O–H groups in total. The van der Waals surface area contributed by atoms with Crippen molar-refractivity contribution in [1.29, 1.82) is 0 Å². The number of carbonyl (C=O) groups is 1. The summed E-state index contributed by atoms with van der Waals surface area (Å²) in [6.07, 6.45) is 3.19. The standard InChI is InChI=1S/C14H27N3O2/c1-5-14(4)6-8-17(9-7-14)13(18)11(10(2)3)12(15)16-19/h10-11,19H,5-9H2,1-4H3,(H2,15,16). The van der Waals surface area contributed by atoms with Crippen molar-refractivity contribution in [1.82, 2.24) is 4.90 Å². The van der Waals surface area contributed by atoms with Crippen LogP contribution in [0.3, 0.4) is 0 Å². The minimum Gasteiger partial charge on any atom is -0.409 e. The van der Waals surface area contributed by atoms with Gasteiger partial charge < -0.3 is 15.8 Å². The maximum atomic E-state index is 12.5. The normalized spacial score (nSPS) is 21.5. The Morgan fingerprint density at radius 1 is 1.42 bits per heavy atom. The average Bonchev–Trinajstić information content (AvgIpc) is 2.39. The van der Waals surface area contributed by atoms with Crippen molar-refractivity contribution in [3.05, 3.63) is 0 Å². The molecule has 1 aliphatic heterocycles. The molecular formula is C14H27N3O2. The Morgan fingerprint density at radius 2 is 1.95 bits per heavy atom. The summed E-state index contributed by atoms with van der Waals surface area (Å²) in [6, 6.07) is 0. The van der Waals surface area contributed by atoms with E-state index >= 15 is 0 Å². The van der Waals surface area contributed by atoms with Crippen LogP contribution in [-0.4, -0.2) is 34.9 Å². The van der Waals surface area contributed by atoms with Gasteiger partial charge in [-0.15, -0.1) is 0 Å². The van der Waals surface area contributed by atoms with E-state index in [2.05, 4.69) is 19.0 Å². The fraction of sp³-hybridized carbons (Fsp3) is 0.857. The number of hydrogen-bond acceptors (Lipinski definition) is 3. The van der Waals surface area contributed by atoms with Crippen molar-refractivity contribution in [3.63, 3.8) is 0 Å². The third-order valence-electron chi connectivity index (χ3n) is 4.50. The van der Waals surface area contributed by atoms with Gasteiger partial charge in [0.1, 0.15) is 5.92 Å². The number of oxime groups is 1. The van der Waals surface area contributed by atoms with Crippen molar-refractivity contribution >= 4 is 11.7 Å². The van der Waals surface area contributed by atoms with Gasteiger partial charge in [-0.3, -0.25) is 4.79 Å². The number of likely N-dealkylation sites (tertiary alicyclic amines) is 1. The van der Waals surface area contributed by atoms with Gasteiger partial charge in [-0.25, -0.2) is 0 Å². The van der Waals surface area contributed by atoms with E-state index in [1.807, 2.05) is 18.7 Å². The first-order valence-corrected chi connectivity index (χ1v) is 7.11. The van der Waals surface area contributed by atoms with Crippen LogP contribution in [0.25, 0.3) is 0 Å². The van der Waals surface area contributed by atoms with Crippen molar-refractivity contribution in [2.45, 2.75) is 47.0 Å². The van der Waals surface area contributed by atoms with Gasteiger partial charge in [0.05, 0.1) is 0 Å². The van der Waals surface area contributed by atoms with Crippen LogP contribution in [0.2, 0.25) is 0 Å². The number of piperidine rings is 1. The van der Waals surface area contributed by atoms with E-state index in [1.165, 1.54) is 0 Å². The van der Waals surface area contributed by atoms with Crippen LogP contribution < -0.4 is 5.73 Å². The summed E-state index contributed by atoms with van der Waals surface area (Å²) in [4.78, 5) is 14.4. The van der Waals surface area contributed by atoms with E-state index in [0.29, 0.717) is 5.41 Å². The van der Waals surface area contributed by atoms with Crippen molar-refractivity contribution in [2.24, 2.45) is 28.1 Å². The van der Waals surface area contributed by atoms with Crippen molar-refractivity contribution in [3.8, 4) is 0 Å². The number of amidine groups is 1. The summed E-state index contributed by atoms with van der Waals surface area (Å²) in [5.41, 5.74) is 6.01. The third kappa shape index (κ3) is 3.61. The largest absolute Gasteiger partial charge is 0.409 e. The topological polar surface area (TPSA) is 78.9 Å². The molecular weight excluding hydrogens is 242 g/mol. The molecule has 1 rings (SSSR count). The van der Waals surface area contributed by atoms with E-state index in [9.17, 15) is 4.79 Å². The van der Waals surface area contributed by atoms with E-state index < -0.39 is 5.92 Å². The molecule has 1 atom stereocenters. The van der Waals surface area contributed by atoms with Gasteiger partial charge in [-0.1, -0.05) is 39.3 Å². The molecule has 0 aliphatic carbocycles. The first kappa shape index (κ1) is 15.8. The Labute approximate surface area is 115 Å². The zero-order valence-electron chi connectivity index (χ0n) is 12.5. The molecule has 5 heteroatoms. The predicted octanol–water partition coefficient (Wildman–Crippen LogP) is 2.04. The van der Waals surface area contributed by atoms with E-state index in [-0.39, 0.29) is 17.7 Å². The fourth-order valence-corrected chi connectivity index (χ4v) is 2.63. The second-order valence-electron chi connectivity index (χ2n) is 6.24. The number of carbonyl (C=O) groups excluding carboxylic acids is 1. The van der Waals surface area contributed by atoms with Crippen molar-refractivity contribution < 1.29 is 10.0 Å². The molecule has 0 aromatic heterocycles. The lowest BCUT2D eigenvalue weighted by Gasteiger charge is -2.40. The molecule has 1 fully saturated rings. The highest BCUT2D eigenvalue weighted by molar-refractivity contribution is 6.02. The summed E-state index contributed by atoms with van der Waals surface area (Å²) in [7, 11) is 0. The average molecular weight is 269 g/mol. The van der Waals surface area contributed by atoms with Gasteiger partial charge >= 0.3 is 0 Å². The molecule has 0 aromatic rings. The van der Waals surface area contributed by atoms with Crippen LogP contribution in [0.5, 0.6) is 0 Å². The summed E-state index contributed by atoms with van der Waals surface area (Å²) in [5.74, 6) is -0.480. The second kappa shape index (κ2) is 6.26. The smallest absolute Gasteiger partial charge is 0.233 e. The van der Waals surface area contributed by atoms with Crippen LogP contribution in [0.15, 0.2) is 5.16 Å². The minimum absolute atomic E-state index is 0.0107. The molecule has 0 spiro atoms. The maximum Gasteiger partial charge on any atom is 0.233 e. The number of hydrogen-bond donors (Lipinski definition) is 2. The Morgan fingerprint density at radius 3 is 2.32 bits per heavy atom. The lowest BCUT2D eigenvalue weighted by Crippen LogP contribution is -2.48. The molecule has 19 heavy (non-hydrogen) atoms. The summed E-state index contributed by atoms with van der Waals surface area (Å²) in [5, 5.41) is 11.8. The van der Waals surface area contributed by atoms with Crippen molar-refractivity contribution in [2.75, 3.05) is 13.1 Å². The molecule has 0 bridgehead atoms. The number of nitrogens with two attached hydrogens (primary N) is 1. The van der Waals surface area contributed by atoms with Crippen LogP contribution >= 0.6 is 0 Å². The first-order chi connectivity index (χ1) is 8.84. The summed E-state index contributed by atoms with van der Waals surface area (Å²) in [6.45, 7) is 9.85. The fourth-order valence-electron chi connectivity index (χ4n) is 2.63. The van der Waals surface area contributed by atoms with Gasteiger partial charge in [0.25, 0.3) is 0 Å². The van der Waals surface area contributed by atoms with Crippen LogP contribution in [-0.2, 0) is 4.79 Å². The molecule has 1 amide bonds. The molecule has 1 saturated heterocycles. The predicted molar refractivity (Wildman–Crippen MR) is 75.9 cm³/mol. The Balaban J connectivity index is 2.73. The Bertz CT molecular complexity index is 345. The van der Waals surface area contributed by atoms with E-state index in [1.54, 1.807) is 0 Å². The lowest BCUT2D eigenvalue weighted by molar-refractivity contribution is -0.136. The summed E-state index contributed by atoms with van der Waals surface area (Å²) >= 11 is 0. The molecule has 1 heterocycles. The number of nitrogens with zero attached hydrogens (tertiary/aromatic N) is 2. The molecule has 1 aliphatic rings. The number of amides is 1. The molecule has 0 saturated carbocycles. The van der Waals surface area contributed by atoms with Gasteiger partial charge in [0.2, 0.25) is 5.91 Å². The highest BCUT2D eigenvalue weighted by Crippen LogP contribution is 2.34. The molecule has 0 aromatic carbocycles. The summed E-state index contributed by atoms with van der Waals surface area (Å²) < 4.78 is 0. The SMILES string of the molecule is CCC1(C)CCN(C(=O)C(C(N)=NO)C(C)C)CC1. The monoisotopic (exact) mass is 269 g/mol. The Hall–Kier alpha value is -1.26. The highest BCUT2D eigenvalue weighted by Gasteiger charge is 2.35. The molecule has 5 nitrogen and oxygen atoms in total. The van der Waals surface area contributed by atoms with Gasteiger partial charge in [-0.05, 0) is 24.2 Å². The van der Waals surface area contributed by atoms with Gasteiger partial charge in [0.15, 0.2) is 5.84 Å². The second-order valence-corrected chi connectivity index (χ2v) is 6.24. The zero-order chi connectivity index (χ0) is 14.6. The Kier molecular flexibility index (Phi) is 5.20. The number of rotatable bonds is 4. The zero-order valence-corrected chi connectivity index (χ0v) is 12.5. The van der Waals surface area contributed by atoms with Gasteiger partial charge in [-0.2, -0.15) is 0 Å². The molecule has 1 unspecified atom stereocenters. The van der Waals surface area contributed by atoms with Crippen LogP contribution in [0.4, 0.5) is 0 Å². The van der Waals surface area contributed by atoms with Gasteiger partial charge in [0, 0.05) is 13.1 Å². The maximum absolute atomic E-state index is 12.5. The van der Waals surface area contributed by atoms with Crippen LogP contribution in [0, 0.1) is 17.3 Å². The first-order valence-electron chi connectivity index (χ1n) is 7.11. The molecule has 0 radical (unpaired) electrons. The third-order valence-corrected chi connectivity index (χ3v) is 4.50. The van der Waals surface area contributed by atoms with Crippen LogP contribution in [0.1, 0.15) is 47.0 Å². The lowest BCUT2D eigenvalue weighted by atomic mass is 9.78.